The zero-order valence-electron chi connectivity index (χ0n) is 12.6. The van der Waals surface area contributed by atoms with E-state index in [4.69, 9.17) is 0 Å². The Bertz CT molecular complexity index is 485. The number of amides is 1. The van der Waals surface area contributed by atoms with E-state index in [9.17, 15) is 14.7 Å². The number of aromatic hydroxyl groups is 1. The van der Waals surface area contributed by atoms with Gasteiger partial charge in [-0.2, -0.15) is 0 Å². The first kappa shape index (κ1) is 17.0. The summed E-state index contributed by atoms with van der Waals surface area (Å²) in [5.74, 6) is -0.740. The third kappa shape index (κ3) is 5.85. The average molecular weight is 293 g/mol. The van der Waals surface area contributed by atoms with Crippen molar-refractivity contribution in [1.82, 2.24) is 0 Å². The van der Waals surface area contributed by atoms with Crippen LogP contribution in [0.4, 0.5) is 5.69 Å². The second-order valence-electron chi connectivity index (χ2n) is 4.94. The molecule has 0 spiro atoms. The van der Waals surface area contributed by atoms with Crippen molar-refractivity contribution in [2.24, 2.45) is 0 Å². The molecule has 1 amide bonds. The van der Waals surface area contributed by atoms with Crippen LogP contribution in [0.25, 0.3) is 0 Å². The minimum Gasteiger partial charge on any atom is -0.506 e. The van der Waals surface area contributed by atoms with Crippen molar-refractivity contribution in [3.63, 3.8) is 0 Å². The highest BCUT2D eigenvalue weighted by atomic mass is 16.5. The van der Waals surface area contributed by atoms with Crippen molar-refractivity contribution in [3.05, 3.63) is 23.8 Å². The second kappa shape index (κ2) is 9.00. The highest BCUT2D eigenvalue weighted by molar-refractivity contribution is 5.96. The Hall–Kier alpha value is -2.04. The fraction of sp³-hybridized carbons (Fsp3) is 0.500. The zero-order chi connectivity index (χ0) is 15.7. The van der Waals surface area contributed by atoms with Gasteiger partial charge < -0.3 is 15.2 Å². The zero-order valence-corrected chi connectivity index (χ0v) is 12.6. The van der Waals surface area contributed by atoms with Gasteiger partial charge in [0.15, 0.2) is 0 Å². The molecular weight excluding hydrogens is 270 g/mol. The maximum Gasteiger partial charge on any atom is 0.337 e. The fourth-order valence-corrected chi connectivity index (χ4v) is 1.98. The number of phenols is 1. The molecule has 21 heavy (non-hydrogen) atoms. The number of hydrogen-bond donors (Lipinski definition) is 2. The summed E-state index contributed by atoms with van der Waals surface area (Å²) in [4.78, 5) is 23.2. The molecule has 0 saturated heterocycles. The number of carbonyl (C=O) groups is 2. The number of anilines is 1. The number of unbranched alkanes of at least 4 members (excludes halogenated alkanes) is 4. The number of carbonyl (C=O) groups excluding carboxylic acids is 2. The molecule has 1 aromatic rings. The SMILES string of the molecule is CCCCCCCC(=O)Nc1cc(C(=O)OC)ccc1O. The van der Waals surface area contributed by atoms with E-state index >= 15 is 0 Å². The molecular formula is C16H23NO4. The number of phenolic OH excluding ortho intramolecular Hbond substituents is 1. The molecule has 0 bridgehead atoms. The van der Waals surface area contributed by atoms with Crippen LogP contribution in [0.3, 0.4) is 0 Å². The van der Waals surface area contributed by atoms with E-state index in [2.05, 4.69) is 17.0 Å². The van der Waals surface area contributed by atoms with Gasteiger partial charge in [-0.3, -0.25) is 4.79 Å². The van der Waals surface area contributed by atoms with E-state index in [0.29, 0.717) is 6.42 Å². The van der Waals surface area contributed by atoms with Gasteiger partial charge in [-0.1, -0.05) is 32.6 Å². The Labute approximate surface area is 125 Å². The first-order valence-electron chi connectivity index (χ1n) is 7.29. The fourth-order valence-electron chi connectivity index (χ4n) is 1.98. The summed E-state index contributed by atoms with van der Waals surface area (Å²) in [6, 6.07) is 4.22. The minimum atomic E-state index is -0.509. The first-order valence-corrected chi connectivity index (χ1v) is 7.29. The Balaban J connectivity index is 2.53. The predicted octanol–water partition coefficient (Wildman–Crippen LogP) is 3.48. The quantitative estimate of drug-likeness (QED) is 0.437. The summed E-state index contributed by atoms with van der Waals surface area (Å²) in [7, 11) is 1.28. The lowest BCUT2D eigenvalue weighted by atomic mass is 10.1. The highest BCUT2D eigenvalue weighted by Crippen LogP contribution is 2.25. The van der Waals surface area contributed by atoms with Gasteiger partial charge in [0.05, 0.1) is 18.4 Å². The molecule has 0 atom stereocenters. The van der Waals surface area contributed by atoms with E-state index < -0.39 is 5.97 Å². The van der Waals surface area contributed by atoms with Crippen molar-refractivity contribution in [2.45, 2.75) is 45.4 Å². The number of methoxy groups -OCH3 is 1. The normalized spacial score (nSPS) is 10.2. The van der Waals surface area contributed by atoms with E-state index in [0.717, 1.165) is 19.3 Å². The van der Waals surface area contributed by atoms with Gasteiger partial charge in [0.25, 0.3) is 0 Å². The third-order valence-corrected chi connectivity index (χ3v) is 3.20. The third-order valence-electron chi connectivity index (χ3n) is 3.20. The molecule has 1 rings (SSSR count). The maximum absolute atomic E-state index is 11.8. The Kier molecular flexibility index (Phi) is 7.29. The smallest absolute Gasteiger partial charge is 0.337 e. The van der Waals surface area contributed by atoms with Crippen molar-refractivity contribution in [2.75, 3.05) is 12.4 Å². The van der Waals surface area contributed by atoms with Crippen LogP contribution in [-0.4, -0.2) is 24.1 Å². The molecule has 5 nitrogen and oxygen atoms in total. The minimum absolute atomic E-state index is 0.0676. The van der Waals surface area contributed by atoms with Gasteiger partial charge in [-0.25, -0.2) is 4.79 Å². The number of ether oxygens (including phenoxy) is 1. The molecule has 1 aromatic carbocycles. The monoisotopic (exact) mass is 293 g/mol. The summed E-state index contributed by atoms with van der Waals surface area (Å²) in [6.07, 6.45) is 5.74. The summed E-state index contributed by atoms with van der Waals surface area (Å²) in [6.45, 7) is 2.14. The summed E-state index contributed by atoms with van der Waals surface area (Å²) >= 11 is 0. The van der Waals surface area contributed by atoms with E-state index in [1.165, 1.54) is 38.2 Å². The van der Waals surface area contributed by atoms with Crippen molar-refractivity contribution in [3.8, 4) is 5.75 Å². The van der Waals surface area contributed by atoms with Gasteiger partial charge >= 0.3 is 5.97 Å². The Morgan fingerprint density at radius 2 is 1.90 bits per heavy atom. The predicted molar refractivity (Wildman–Crippen MR) is 81.5 cm³/mol. The molecule has 2 N–H and O–H groups in total. The first-order chi connectivity index (χ1) is 10.1. The van der Waals surface area contributed by atoms with Crippen LogP contribution >= 0.6 is 0 Å². The lowest BCUT2D eigenvalue weighted by Crippen LogP contribution is -2.12. The standard InChI is InChI=1S/C16H23NO4/c1-3-4-5-6-7-8-15(19)17-13-11-12(16(20)21-2)9-10-14(13)18/h9-11,18H,3-8H2,1-2H3,(H,17,19). The Morgan fingerprint density at radius 3 is 2.57 bits per heavy atom. The lowest BCUT2D eigenvalue weighted by Gasteiger charge is -2.09. The van der Waals surface area contributed by atoms with Gasteiger partial charge in [-0.15, -0.1) is 0 Å². The topological polar surface area (TPSA) is 75.6 Å². The molecule has 0 aliphatic rings. The van der Waals surface area contributed by atoms with Crippen molar-refractivity contribution >= 4 is 17.6 Å². The molecule has 0 saturated carbocycles. The Morgan fingerprint density at radius 1 is 1.19 bits per heavy atom. The maximum atomic E-state index is 11.8. The lowest BCUT2D eigenvalue weighted by molar-refractivity contribution is -0.116. The molecule has 0 aliphatic heterocycles. The molecule has 0 aromatic heterocycles. The molecule has 0 unspecified atom stereocenters. The van der Waals surface area contributed by atoms with Gasteiger partial charge in [0.2, 0.25) is 5.91 Å². The van der Waals surface area contributed by atoms with Crippen LogP contribution < -0.4 is 5.32 Å². The van der Waals surface area contributed by atoms with E-state index in [1.54, 1.807) is 0 Å². The van der Waals surface area contributed by atoms with Gasteiger partial charge in [-0.05, 0) is 24.6 Å². The number of benzene rings is 1. The van der Waals surface area contributed by atoms with Crippen LogP contribution in [0.1, 0.15) is 55.8 Å². The molecule has 0 fully saturated rings. The van der Waals surface area contributed by atoms with Gasteiger partial charge in [0, 0.05) is 6.42 Å². The summed E-state index contributed by atoms with van der Waals surface area (Å²) < 4.78 is 4.61. The van der Waals surface area contributed by atoms with Crippen molar-refractivity contribution in [1.29, 1.82) is 0 Å². The van der Waals surface area contributed by atoms with Gasteiger partial charge in [0.1, 0.15) is 5.75 Å². The highest BCUT2D eigenvalue weighted by Gasteiger charge is 2.11. The molecule has 116 valence electrons. The van der Waals surface area contributed by atoms with Crippen LogP contribution in [0.2, 0.25) is 0 Å². The van der Waals surface area contributed by atoms with Crippen LogP contribution in [0.5, 0.6) is 5.75 Å². The second-order valence-corrected chi connectivity index (χ2v) is 4.94. The van der Waals surface area contributed by atoms with Crippen LogP contribution in [-0.2, 0) is 9.53 Å². The molecule has 0 radical (unpaired) electrons. The largest absolute Gasteiger partial charge is 0.506 e. The summed E-state index contributed by atoms with van der Waals surface area (Å²) in [5.41, 5.74) is 0.519. The molecule has 5 heteroatoms. The number of hydrogen-bond acceptors (Lipinski definition) is 4. The van der Waals surface area contributed by atoms with Crippen LogP contribution in [0, 0.1) is 0 Å². The van der Waals surface area contributed by atoms with E-state index in [-0.39, 0.29) is 22.9 Å². The van der Waals surface area contributed by atoms with Crippen molar-refractivity contribution < 1.29 is 19.4 Å². The number of esters is 1. The summed E-state index contributed by atoms with van der Waals surface area (Å²) in [5, 5.41) is 12.3. The number of nitrogens with one attached hydrogen (secondary N) is 1. The molecule has 0 heterocycles. The van der Waals surface area contributed by atoms with Crippen LogP contribution in [0.15, 0.2) is 18.2 Å². The number of rotatable bonds is 8. The molecule has 0 aliphatic carbocycles. The van der Waals surface area contributed by atoms with E-state index in [1.807, 2.05) is 0 Å². The average Bonchev–Trinajstić information content (AvgIpc) is 2.48.